The van der Waals surface area contributed by atoms with E-state index in [0.29, 0.717) is 13.0 Å². The van der Waals surface area contributed by atoms with E-state index in [1.54, 1.807) is 0 Å². The SMILES string of the molecule is O=C(Cc1cc(=O)[nH]c(=O)[nH]1)NCC1(O)CCOC1. The van der Waals surface area contributed by atoms with Crippen LogP contribution in [-0.2, 0) is 16.0 Å². The van der Waals surface area contributed by atoms with Crippen molar-refractivity contribution in [1.29, 1.82) is 0 Å². The summed E-state index contributed by atoms with van der Waals surface area (Å²) in [5.41, 5.74) is -2.02. The van der Waals surface area contributed by atoms with Crippen LogP contribution in [0.5, 0.6) is 0 Å². The van der Waals surface area contributed by atoms with Gasteiger partial charge in [0, 0.05) is 31.3 Å². The van der Waals surface area contributed by atoms with Crippen molar-refractivity contribution in [2.75, 3.05) is 19.8 Å². The van der Waals surface area contributed by atoms with E-state index in [1.165, 1.54) is 0 Å². The Hall–Kier alpha value is -1.93. The first-order valence-electron chi connectivity index (χ1n) is 5.86. The Morgan fingerprint density at radius 3 is 2.89 bits per heavy atom. The fraction of sp³-hybridized carbons (Fsp3) is 0.545. The number of nitrogens with one attached hydrogen (secondary N) is 3. The highest BCUT2D eigenvalue weighted by atomic mass is 16.5. The van der Waals surface area contributed by atoms with Gasteiger partial charge in [-0.2, -0.15) is 0 Å². The summed E-state index contributed by atoms with van der Waals surface area (Å²) in [6.07, 6.45) is 0.339. The topological polar surface area (TPSA) is 124 Å². The van der Waals surface area contributed by atoms with Crippen LogP contribution in [0.2, 0.25) is 0 Å². The van der Waals surface area contributed by atoms with E-state index in [0.717, 1.165) is 6.07 Å². The molecule has 0 bridgehead atoms. The monoisotopic (exact) mass is 269 g/mol. The Balaban J connectivity index is 1.90. The summed E-state index contributed by atoms with van der Waals surface area (Å²) in [6, 6.07) is 1.15. The zero-order valence-electron chi connectivity index (χ0n) is 10.2. The Kier molecular flexibility index (Phi) is 3.82. The molecule has 19 heavy (non-hydrogen) atoms. The van der Waals surface area contributed by atoms with Crippen LogP contribution in [0.4, 0.5) is 0 Å². The number of aliphatic hydroxyl groups is 1. The highest BCUT2D eigenvalue weighted by Crippen LogP contribution is 2.16. The van der Waals surface area contributed by atoms with Crippen molar-refractivity contribution in [2.24, 2.45) is 0 Å². The van der Waals surface area contributed by atoms with Crippen LogP contribution >= 0.6 is 0 Å². The third-order valence-electron chi connectivity index (χ3n) is 2.86. The van der Waals surface area contributed by atoms with Gasteiger partial charge in [0.25, 0.3) is 5.56 Å². The molecule has 0 aliphatic carbocycles. The van der Waals surface area contributed by atoms with E-state index in [9.17, 15) is 19.5 Å². The highest BCUT2D eigenvalue weighted by Gasteiger charge is 2.32. The molecule has 1 aromatic heterocycles. The lowest BCUT2D eigenvalue weighted by Crippen LogP contribution is -2.44. The number of carbonyl (C=O) groups is 1. The van der Waals surface area contributed by atoms with Gasteiger partial charge >= 0.3 is 5.69 Å². The quantitative estimate of drug-likeness (QED) is 0.497. The number of aromatic nitrogens is 2. The molecule has 8 heteroatoms. The molecule has 0 aromatic carbocycles. The van der Waals surface area contributed by atoms with Crippen molar-refractivity contribution >= 4 is 5.91 Å². The van der Waals surface area contributed by atoms with Crippen LogP contribution in [0.15, 0.2) is 15.7 Å². The normalized spacial score (nSPS) is 22.4. The molecule has 2 heterocycles. The van der Waals surface area contributed by atoms with Gasteiger partial charge in [-0.05, 0) is 0 Å². The zero-order valence-corrected chi connectivity index (χ0v) is 10.2. The van der Waals surface area contributed by atoms with Crippen LogP contribution in [0.1, 0.15) is 12.1 Å². The molecule has 4 N–H and O–H groups in total. The van der Waals surface area contributed by atoms with Gasteiger partial charge < -0.3 is 20.1 Å². The molecular weight excluding hydrogens is 254 g/mol. The molecule has 0 radical (unpaired) electrons. The summed E-state index contributed by atoms with van der Waals surface area (Å²) in [5, 5.41) is 12.5. The first-order valence-corrected chi connectivity index (χ1v) is 5.86. The first kappa shape index (κ1) is 13.5. The third kappa shape index (κ3) is 3.76. The van der Waals surface area contributed by atoms with E-state index in [2.05, 4.69) is 10.3 Å². The summed E-state index contributed by atoms with van der Waals surface area (Å²) in [6.45, 7) is 0.738. The standard InChI is InChI=1S/C11H15N3O5/c15-8(12-5-11(18)1-2-19-6-11)3-7-4-9(16)14-10(17)13-7/h4,18H,1-3,5-6H2,(H,12,15)(H2,13,14,16,17). The zero-order chi connectivity index (χ0) is 13.9. The lowest BCUT2D eigenvalue weighted by molar-refractivity contribution is -0.121. The average Bonchev–Trinajstić information content (AvgIpc) is 2.73. The number of rotatable bonds is 4. The molecule has 0 spiro atoms. The second kappa shape index (κ2) is 5.37. The van der Waals surface area contributed by atoms with Gasteiger partial charge in [0.1, 0.15) is 5.60 Å². The number of hydrogen-bond acceptors (Lipinski definition) is 5. The smallest absolute Gasteiger partial charge is 0.325 e. The van der Waals surface area contributed by atoms with E-state index >= 15 is 0 Å². The molecule has 1 atom stereocenters. The van der Waals surface area contributed by atoms with E-state index in [-0.39, 0.29) is 31.2 Å². The molecule has 1 unspecified atom stereocenters. The second-order valence-electron chi connectivity index (χ2n) is 4.59. The Morgan fingerprint density at radius 1 is 1.47 bits per heavy atom. The minimum atomic E-state index is -1.03. The third-order valence-corrected chi connectivity index (χ3v) is 2.86. The molecule has 1 aliphatic rings. The number of aromatic amines is 2. The van der Waals surface area contributed by atoms with Gasteiger partial charge in [-0.3, -0.25) is 14.6 Å². The molecule has 1 fully saturated rings. The number of ether oxygens (including phenoxy) is 1. The van der Waals surface area contributed by atoms with Crippen molar-refractivity contribution in [2.45, 2.75) is 18.4 Å². The predicted octanol–water partition coefficient (Wildman–Crippen LogP) is -2.13. The predicted molar refractivity (Wildman–Crippen MR) is 64.8 cm³/mol. The molecule has 1 aromatic rings. The minimum absolute atomic E-state index is 0.0826. The van der Waals surface area contributed by atoms with Crippen LogP contribution in [0, 0.1) is 0 Å². The maximum absolute atomic E-state index is 11.6. The molecule has 0 saturated carbocycles. The van der Waals surface area contributed by atoms with Gasteiger partial charge in [-0.15, -0.1) is 0 Å². The minimum Gasteiger partial charge on any atom is -0.386 e. The molecular formula is C11H15N3O5. The fourth-order valence-corrected chi connectivity index (χ4v) is 1.85. The van der Waals surface area contributed by atoms with Gasteiger partial charge in [0.15, 0.2) is 0 Å². The summed E-state index contributed by atoms with van der Waals surface area (Å²) < 4.78 is 5.05. The molecule has 8 nitrogen and oxygen atoms in total. The molecule has 104 valence electrons. The summed E-state index contributed by atoms with van der Waals surface area (Å²) in [4.78, 5) is 38.1. The van der Waals surface area contributed by atoms with E-state index in [4.69, 9.17) is 4.74 Å². The van der Waals surface area contributed by atoms with Crippen molar-refractivity contribution in [3.05, 3.63) is 32.6 Å². The van der Waals surface area contributed by atoms with Gasteiger partial charge in [0.2, 0.25) is 5.91 Å². The van der Waals surface area contributed by atoms with Crippen LogP contribution in [-0.4, -0.2) is 46.3 Å². The Bertz CT molecular complexity index is 542. The van der Waals surface area contributed by atoms with Crippen LogP contribution < -0.4 is 16.6 Å². The maximum Gasteiger partial charge on any atom is 0.325 e. The Labute approximate surface area is 107 Å². The number of H-pyrrole nitrogens is 2. The van der Waals surface area contributed by atoms with Gasteiger partial charge in [0.05, 0.1) is 13.0 Å². The van der Waals surface area contributed by atoms with Crippen molar-refractivity contribution in [1.82, 2.24) is 15.3 Å². The molecule has 1 amide bonds. The van der Waals surface area contributed by atoms with Gasteiger partial charge in [-0.25, -0.2) is 4.79 Å². The average molecular weight is 269 g/mol. The van der Waals surface area contributed by atoms with Crippen molar-refractivity contribution in [3.8, 4) is 0 Å². The molecule has 1 saturated heterocycles. The first-order chi connectivity index (χ1) is 8.97. The Morgan fingerprint density at radius 2 is 2.26 bits per heavy atom. The highest BCUT2D eigenvalue weighted by molar-refractivity contribution is 5.78. The van der Waals surface area contributed by atoms with Crippen molar-refractivity contribution < 1.29 is 14.6 Å². The summed E-state index contributed by atoms with van der Waals surface area (Å²) in [7, 11) is 0. The van der Waals surface area contributed by atoms with Crippen LogP contribution in [0.3, 0.4) is 0 Å². The molecule has 2 rings (SSSR count). The summed E-state index contributed by atoms with van der Waals surface area (Å²) in [5.74, 6) is -0.387. The second-order valence-corrected chi connectivity index (χ2v) is 4.59. The number of carbonyl (C=O) groups excluding carboxylic acids is 1. The van der Waals surface area contributed by atoms with E-state index < -0.39 is 16.9 Å². The largest absolute Gasteiger partial charge is 0.386 e. The number of amides is 1. The number of hydrogen-bond donors (Lipinski definition) is 4. The van der Waals surface area contributed by atoms with E-state index in [1.807, 2.05) is 4.98 Å². The molecule has 1 aliphatic heterocycles. The lowest BCUT2D eigenvalue weighted by Gasteiger charge is -2.20. The van der Waals surface area contributed by atoms with Gasteiger partial charge in [-0.1, -0.05) is 0 Å². The maximum atomic E-state index is 11.6. The lowest BCUT2D eigenvalue weighted by atomic mass is 10.0. The fourth-order valence-electron chi connectivity index (χ4n) is 1.85. The van der Waals surface area contributed by atoms with Crippen molar-refractivity contribution in [3.63, 3.8) is 0 Å². The van der Waals surface area contributed by atoms with Crippen LogP contribution in [0.25, 0.3) is 0 Å². The summed E-state index contributed by atoms with van der Waals surface area (Å²) >= 11 is 0.